The molecule has 2 bridgehead atoms. The number of carbonyl (C=O) groups excluding carboxylic acids is 1. The number of nitrogens with zero attached hydrogens (tertiary/aromatic N) is 1. The standard InChI is InChI=1S/C20H22N2O3/c1-4-24-15-8-6-14(7-9-15)22-19(23)21-17-12-20(22,3)25-18-10-5-13(2)11-16(17)18/h5-11,17H,4,12H2,1-3H3,(H,21,23)/t17?,20-/m0/s1. The molecule has 130 valence electrons. The molecule has 1 saturated heterocycles. The number of hydrogen-bond acceptors (Lipinski definition) is 3. The number of urea groups is 1. The molecule has 0 aromatic heterocycles. The van der Waals surface area contributed by atoms with Crippen molar-refractivity contribution in [3.8, 4) is 11.5 Å². The van der Waals surface area contributed by atoms with Gasteiger partial charge in [-0.3, -0.25) is 4.90 Å². The van der Waals surface area contributed by atoms with Gasteiger partial charge >= 0.3 is 6.03 Å². The van der Waals surface area contributed by atoms with Gasteiger partial charge in [-0.25, -0.2) is 4.79 Å². The Labute approximate surface area is 147 Å². The van der Waals surface area contributed by atoms with Crippen LogP contribution in [0.15, 0.2) is 42.5 Å². The Bertz CT molecular complexity index is 818. The van der Waals surface area contributed by atoms with E-state index in [4.69, 9.17) is 9.47 Å². The quantitative estimate of drug-likeness (QED) is 0.914. The topological polar surface area (TPSA) is 50.8 Å². The summed E-state index contributed by atoms with van der Waals surface area (Å²) in [6, 6.07) is 13.5. The lowest BCUT2D eigenvalue weighted by molar-refractivity contribution is 0.0378. The van der Waals surface area contributed by atoms with Gasteiger partial charge in [-0.1, -0.05) is 17.7 Å². The number of rotatable bonds is 3. The van der Waals surface area contributed by atoms with E-state index in [-0.39, 0.29) is 12.1 Å². The predicted octanol–water partition coefficient (Wildman–Crippen LogP) is 4.16. The summed E-state index contributed by atoms with van der Waals surface area (Å²) in [5, 5.41) is 3.12. The highest BCUT2D eigenvalue weighted by molar-refractivity contribution is 5.95. The molecule has 2 aromatic rings. The van der Waals surface area contributed by atoms with Crippen LogP contribution in [0.3, 0.4) is 0 Å². The van der Waals surface area contributed by atoms with E-state index in [1.807, 2.05) is 57.2 Å². The van der Waals surface area contributed by atoms with E-state index in [9.17, 15) is 4.79 Å². The summed E-state index contributed by atoms with van der Waals surface area (Å²) in [6.45, 7) is 6.58. The third-order valence-corrected chi connectivity index (χ3v) is 4.83. The van der Waals surface area contributed by atoms with Crippen molar-refractivity contribution in [1.29, 1.82) is 0 Å². The number of ether oxygens (including phenoxy) is 2. The SMILES string of the molecule is CCOc1ccc(N2C(=O)NC3C[C@]2(C)Oc2ccc(C)cc23)cc1. The summed E-state index contributed by atoms with van der Waals surface area (Å²) in [7, 11) is 0. The maximum absolute atomic E-state index is 12.8. The van der Waals surface area contributed by atoms with Crippen molar-refractivity contribution in [2.45, 2.75) is 39.0 Å². The Hall–Kier alpha value is -2.69. The van der Waals surface area contributed by atoms with Crippen LogP contribution in [0.5, 0.6) is 11.5 Å². The molecule has 0 saturated carbocycles. The van der Waals surface area contributed by atoms with Crippen LogP contribution < -0.4 is 19.7 Å². The van der Waals surface area contributed by atoms with Gasteiger partial charge in [0.05, 0.1) is 12.6 Å². The second-order valence-electron chi connectivity index (χ2n) is 6.79. The Morgan fingerprint density at radius 1 is 1.28 bits per heavy atom. The molecule has 0 spiro atoms. The van der Waals surface area contributed by atoms with E-state index in [2.05, 4.69) is 11.4 Å². The Morgan fingerprint density at radius 2 is 2.04 bits per heavy atom. The molecule has 1 fully saturated rings. The molecule has 5 nitrogen and oxygen atoms in total. The zero-order chi connectivity index (χ0) is 17.6. The van der Waals surface area contributed by atoms with Crippen molar-refractivity contribution in [2.75, 3.05) is 11.5 Å². The first-order valence-corrected chi connectivity index (χ1v) is 8.63. The van der Waals surface area contributed by atoms with E-state index in [0.29, 0.717) is 13.0 Å². The molecule has 2 heterocycles. The van der Waals surface area contributed by atoms with Gasteiger partial charge in [-0.05, 0) is 51.1 Å². The zero-order valence-electron chi connectivity index (χ0n) is 14.7. The van der Waals surface area contributed by atoms with Gasteiger partial charge < -0.3 is 14.8 Å². The number of amides is 2. The van der Waals surface area contributed by atoms with Crippen LogP contribution in [0.4, 0.5) is 10.5 Å². The molecular weight excluding hydrogens is 316 g/mol. The van der Waals surface area contributed by atoms with Gasteiger partial charge in [0.2, 0.25) is 0 Å². The minimum Gasteiger partial charge on any atom is -0.494 e. The van der Waals surface area contributed by atoms with Crippen molar-refractivity contribution in [3.63, 3.8) is 0 Å². The van der Waals surface area contributed by atoms with Crippen LogP contribution in [0, 0.1) is 6.92 Å². The fourth-order valence-corrected chi connectivity index (χ4v) is 3.74. The third-order valence-electron chi connectivity index (χ3n) is 4.83. The van der Waals surface area contributed by atoms with Gasteiger partial charge in [-0.2, -0.15) is 0 Å². The van der Waals surface area contributed by atoms with E-state index < -0.39 is 5.72 Å². The van der Waals surface area contributed by atoms with E-state index in [0.717, 1.165) is 28.3 Å². The lowest BCUT2D eigenvalue weighted by Crippen LogP contribution is -2.65. The van der Waals surface area contributed by atoms with Crippen LogP contribution in [0.1, 0.15) is 37.4 Å². The molecule has 5 heteroatoms. The maximum Gasteiger partial charge on any atom is 0.325 e. The average Bonchev–Trinajstić information content (AvgIpc) is 2.57. The molecule has 2 aromatic carbocycles. The first-order valence-electron chi connectivity index (χ1n) is 8.63. The Morgan fingerprint density at radius 3 is 2.76 bits per heavy atom. The summed E-state index contributed by atoms with van der Waals surface area (Å²) in [5.41, 5.74) is 2.28. The number of benzene rings is 2. The van der Waals surface area contributed by atoms with Crippen LogP contribution in [-0.4, -0.2) is 18.4 Å². The average molecular weight is 338 g/mol. The van der Waals surface area contributed by atoms with Crippen LogP contribution in [-0.2, 0) is 0 Å². The van der Waals surface area contributed by atoms with Crippen molar-refractivity contribution >= 4 is 11.7 Å². The van der Waals surface area contributed by atoms with E-state index in [1.165, 1.54) is 0 Å². The monoisotopic (exact) mass is 338 g/mol. The highest BCUT2D eigenvalue weighted by Gasteiger charge is 2.49. The van der Waals surface area contributed by atoms with Crippen molar-refractivity contribution in [1.82, 2.24) is 5.32 Å². The van der Waals surface area contributed by atoms with Gasteiger partial charge in [-0.15, -0.1) is 0 Å². The Balaban J connectivity index is 1.71. The molecule has 1 unspecified atom stereocenters. The minimum atomic E-state index is -0.720. The molecular formula is C20H22N2O3. The van der Waals surface area contributed by atoms with Gasteiger partial charge in [0, 0.05) is 17.7 Å². The Kier molecular flexibility index (Phi) is 3.60. The largest absolute Gasteiger partial charge is 0.494 e. The molecule has 1 N–H and O–H groups in total. The molecule has 0 radical (unpaired) electrons. The molecule has 0 aliphatic carbocycles. The van der Waals surface area contributed by atoms with E-state index in [1.54, 1.807) is 4.90 Å². The number of hydrogen-bond donors (Lipinski definition) is 1. The lowest BCUT2D eigenvalue weighted by atomic mass is 9.89. The first kappa shape index (κ1) is 15.8. The smallest absolute Gasteiger partial charge is 0.325 e. The number of aryl methyl sites for hydroxylation is 1. The van der Waals surface area contributed by atoms with Crippen molar-refractivity contribution in [2.24, 2.45) is 0 Å². The second kappa shape index (κ2) is 5.69. The highest BCUT2D eigenvalue weighted by Crippen LogP contribution is 2.45. The van der Waals surface area contributed by atoms with E-state index >= 15 is 0 Å². The molecule has 4 rings (SSSR count). The van der Waals surface area contributed by atoms with Crippen LogP contribution in [0.2, 0.25) is 0 Å². The van der Waals surface area contributed by atoms with Crippen LogP contribution in [0.25, 0.3) is 0 Å². The first-order chi connectivity index (χ1) is 12.0. The zero-order valence-corrected chi connectivity index (χ0v) is 14.7. The summed E-state index contributed by atoms with van der Waals surface area (Å²) in [6.07, 6.45) is 0.697. The fraction of sp³-hybridized carbons (Fsp3) is 0.350. The number of fused-ring (bicyclic) bond motifs is 4. The summed E-state index contributed by atoms with van der Waals surface area (Å²) < 4.78 is 11.8. The predicted molar refractivity (Wildman–Crippen MR) is 96.2 cm³/mol. The molecule has 25 heavy (non-hydrogen) atoms. The van der Waals surface area contributed by atoms with Crippen molar-refractivity contribution < 1.29 is 14.3 Å². The normalized spacial score (nSPS) is 24.2. The molecule has 2 aliphatic rings. The van der Waals surface area contributed by atoms with Gasteiger partial charge in [0.15, 0.2) is 5.72 Å². The number of nitrogens with one attached hydrogen (secondary N) is 1. The summed E-state index contributed by atoms with van der Waals surface area (Å²) >= 11 is 0. The highest BCUT2D eigenvalue weighted by atomic mass is 16.5. The van der Waals surface area contributed by atoms with Crippen molar-refractivity contribution in [3.05, 3.63) is 53.6 Å². The fourth-order valence-electron chi connectivity index (χ4n) is 3.74. The van der Waals surface area contributed by atoms with Gasteiger partial charge in [0.25, 0.3) is 0 Å². The molecule has 2 amide bonds. The minimum absolute atomic E-state index is 0.0277. The number of anilines is 1. The van der Waals surface area contributed by atoms with Crippen LogP contribution >= 0.6 is 0 Å². The lowest BCUT2D eigenvalue weighted by Gasteiger charge is -2.50. The summed E-state index contributed by atoms with van der Waals surface area (Å²) in [4.78, 5) is 14.5. The second-order valence-corrected chi connectivity index (χ2v) is 6.79. The molecule has 2 aliphatic heterocycles. The molecule has 2 atom stereocenters. The third kappa shape index (κ3) is 2.60. The van der Waals surface area contributed by atoms with Gasteiger partial charge in [0.1, 0.15) is 11.5 Å². The summed E-state index contributed by atoms with van der Waals surface area (Å²) in [5.74, 6) is 1.62. The number of carbonyl (C=O) groups is 1. The maximum atomic E-state index is 12.8.